The average molecular weight is 268 g/mol. The molecule has 100 valence electrons. The van der Waals surface area contributed by atoms with Crippen LogP contribution < -0.4 is 4.74 Å². The Morgan fingerprint density at radius 2 is 2.20 bits per heavy atom. The van der Waals surface area contributed by atoms with Gasteiger partial charge in [0.1, 0.15) is 24.1 Å². The summed E-state index contributed by atoms with van der Waals surface area (Å²) >= 11 is 0. The number of aromatic carboxylic acids is 1. The maximum absolute atomic E-state index is 10.9. The van der Waals surface area contributed by atoms with Crippen molar-refractivity contribution >= 4 is 5.97 Å². The van der Waals surface area contributed by atoms with E-state index < -0.39 is 5.97 Å². The molecular weight excluding hydrogens is 256 g/mol. The third-order valence-electron chi connectivity index (χ3n) is 2.77. The zero-order chi connectivity index (χ0) is 14.5. The number of aromatic nitrogens is 1. The van der Waals surface area contributed by atoms with Crippen LogP contribution in [0.2, 0.25) is 0 Å². The van der Waals surface area contributed by atoms with Gasteiger partial charge < -0.3 is 9.84 Å². The molecule has 0 fully saturated rings. The SMILES string of the molecule is Cc1cc(OCc2ccnc(C#N)c2)ccc1C(=O)O. The number of hydrogen-bond acceptors (Lipinski definition) is 4. The molecule has 2 rings (SSSR count). The molecule has 1 N–H and O–H groups in total. The van der Waals surface area contributed by atoms with Crippen molar-refractivity contribution in [2.75, 3.05) is 0 Å². The van der Waals surface area contributed by atoms with E-state index >= 15 is 0 Å². The van der Waals surface area contributed by atoms with Crippen molar-refractivity contribution in [3.8, 4) is 11.8 Å². The molecule has 20 heavy (non-hydrogen) atoms. The van der Waals surface area contributed by atoms with E-state index in [4.69, 9.17) is 15.1 Å². The summed E-state index contributed by atoms with van der Waals surface area (Å²) in [6.45, 7) is 2.01. The van der Waals surface area contributed by atoms with E-state index in [0.29, 0.717) is 23.6 Å². The minimum atomic E-state index is -0.957. The summed E-state index contributed by atoms with van der Waals surface area (Å²) in [6.07, 6.45) is 1.55. The summed E-state index contributed by atoms with van der Waals surface area (Å²) in [6, 6.07) is 10.2. The molecule has 0 atom stereocenters. The van der Waals surface area contributed by atoms with Crippen molar-refractivity contribution in [2.24, 2.45) is 0 Å². The molecule has 0 saturated carbocycles. The number of pyridine rings is 1. The molecule has 0 aliphatic carbocycles. The van der Waals surface area contributed by atoms with Gasteiger partial charge in [-0.2, -0.15) is 5.26 Å². The Morgan fingerprint density at radius 3 is 2.85 bits per heavy atom. The van der Waals surface area contributed by atoms with Crippen molar-refractivity contribution in [1.82, 2.24) is 4.98 Å². The number of ether oxygens (including phenoxy) is 1. The molecular formula is C15H12N2O3. The van der Waals surface area contributed by atoms with Gasteiger partial charge in [0.2, 0.25) is 0 Å². The molecule has 0 aliphatic heterocycles. The minimum absolute atomic E-state index is 0.257. The quantitative estimate of drug-likeness (QED) is 0.921. The van der Waals surface area contributed by atoms with E-state index in [9.17, 15) is 4.79 Å². The van der Waals surface area contributed by atoms with Crippen LogP contribution in [0.4, 0.5) is 0 Å². The van der Waals surface area contributed by atoms with Gasteiger partial charge in [0.25, 0.3) is 0 Å². The molecule has 2 aromatic rings. The smallest absolute Gasteiger partial charge is 0.335 e. The van der Waals surface area contributed by atoms with Gasteiger partial charge in [0.05, 0.1) is 5.56 Å². The third-order valence-corrected chi connectivity index (χ3v) is 2.77. The lowest BCUT2D eigenvalue weighted by Crippen LogP contribution is -2.01. The molecule has 0 radical (unpaired) electrons. The molecule has 0 amide bonds. The van der Waals surface area contributed by atoms with Crippen LogP contribution >= 0.6 is 0 Å². The van der Waals surface area contributed by atoms with Gasteiger partial charge in [-0.25, -0.2) is 9.78 Å². The molecule has 1 aromatic carbocycles. The first-order valence-electron chi connectivity index (χ1n) is 5.92. The van der Waals surface area contributed by atoms with Crippen LogP contribution in [0.5, 0.6) is 5.75 Å². The zero-order valence-electron chi connectivity index (χ0n) is 10.8. The van der Waals surface area contributed by atoms with Crippen LogP contribution in [0.1, 0.15) is 27.2 Å². The monoisotopic (exact) mass is 268 g/mol. The lowest BCUT2D eigenvalue weighted by atomic mass is 10.1. The van der Waals surface area contributed by atoms with E-state index in [1.165, 1.54) is 6.07 Å². The van der Waals surface area contributed by atoms with Crippen LogP contribution in [0, 0.1) is 18.3 Å². The van der Waals surface area contributed by atoms with Crippen LogP contribution in [-0.2, 0) is 6.61 Å². The summed E-state index contributed by atoms with van der Waals surface area (Å²) in [5, 5.41) is 17.7. The molecule has 0 spiro atoms. The predicted octanol–water partition coefficient (Wildman–Crippen LogP) is 2.54. The van der Waals surface area contributed by atoms with Crippen LogP contribution in [-0.4, -0.2) is 16.1 Å². The van der Waals surface area contributed by atoms with Crippen LogP contribution in [0.3, 0.4) is 0 Å². The van der Waals surface area contributed by atoms with Gasteiger partial charge in [-0.15, -0.1) is 0 Å². The van der Waals surface area contributed by atoms with Gasteiger partial charge in [-0.1, -0.05) is 0 Å². The predicted molar refractivity (Wildman–Crippen MR) is 71.4 cm³/mol. The average Bonchev–Trinajstić information content (AvgIpc) is 2.45. The number of hydrogen-bond donors (Lipinski definition) is 1. The van der Waals surface area contributed by atoms with Crippen molar-refractivity contribution in [2.45, 2.75) is 13.5 Å². The van der Waals surface area contributed by atoms with Crippen LogP contribution in [0.25, 0.3) is 0 Å². The second kappa shape index (κ2) is 5.85. The highest BCUT2D eigenvalue weighted by Gasteiger charge is 2.07. The van der Waals surface area contributed by atoms with Gasteiger partial charge in [0, 0.05) is 6.20 Å². The number of carboxylic acid groups (broad SMARTS) is 1. The van der Waals surface area contributed by atoms with Crippen molar-refractivity contribution in [3.63, 3.8) is 0 Å². The first-order valence-corrected chi connectivity index (χ1v) is 5.92. The number of aryl methyl sites for hydroxylation is 1. The fourth-order valence-corrected chi connectivity index (χ4v) is 1.76. The second-order valence-corrected chi connectivity index (χ2v) is 4.23. The van der Waals surface area contributed by atoms with Crippen LogP contribution in [0.15, 0.2) is 36.5 Å². The van der Waals surface area contributed by atoms with E-state index in [0.717, 1.165) is 5.56 Å². The molecule has 0 aliphatic rings. The summed E-state index contributed by atoms with van der Waals surface area (Å²) < 4.78 is 5.58. The zero-order valence-corrected chi connectivity index (χ0v) is 10.8. The van der Waals surface area contributed by atoms with E-state index in [1.807, 2.05) is 6.07 Å². The van der Waals surface area contributed by atoms with E-state index in [-0.39, 0.29) is 5.56 Å². The van der Waals surface area contributed by atoms with E-state index in [1.54, 1.807) is 37.4 Å². The summed E-state index contributed by atoms with van der Waals surface area (Å²) in [7, 11) is 0. The number of benzene rings is 1. The molecule has 0 saturated heterocycles. The van der Waals surface area contributed by atoms with Crippen molar-refractivity contribution in [3.05, 3.63) is 58.9 Å². The third kappa shape index (κ3) is 3.12. The molecule has 1 aromatic heterocycles. The number of nitrogens with zero attached hydrogens (tertiary/aromatic N) is 2. The largest absolute Gasteiger partial charge is 0.489 e. The first-order chi connectivity index (χ1) is 9.60. The molecule has 0 unspecified atom stereocenters. The first kappa shape index (κ1) is 13.6. The van der Waals surface area contributed by atoms with Crippen molar-refractivity contribution in [1.29, 1.82) is 5.26 Å². The van der Waals surface area contributed by atoms with Gasteiger partial charge in [0.15, 0.2) is 0 Å². The fraction of sp³-hybridized carbons (Fsp3) is 0.133. The second-order valence-electron chi connectivity index (χ2n) is 4.23. The molecule has 1 heterocycles. The summed E-state index contributed by atoms with van der Waals surface area (Å²) in [4.78, 5) is 14.8. The lowest BCUT2D eigenvalue weighted by molar-refractivity contribution is 0.0696. The maximum atomic E-state index is 10.9. The lowest BCUT2D eigenvalue weighted by Gasteiger charge is -2.08. The maximum Gasteiger partial charge on any atom is 0.335 e. The van der Waals surface area contributed by atoms with Gasteiger partial charge >= 0.3 is 5.97 Å². The minimum Gasteiger partial charge on any atom is -0.489 e. The molecule has 0 bridgehead atoms. The van der Waals surface area contributed by atoms with Crippen molar-refractivity contribution < 1.29 is 14.6 Å². The Hall–Kier alpha value is -2.87. The van der Waals surface area contributed by atoms with Gasteiger partial charge in [-0.05, 0) is 48.4 Å². The fourth-order valence-electron chi connectivity index (χ4n) is 1.76. The van der Waals surface area contributed by atoms with E-state index in [2.05, 4.69) is 4.98 Å². The number of carboxylic acids is 1. The Kier molecular flexibility index (Phi) is 3.96. The molecule has 5 heteroatoms. The topological polar surface area (TPSA) is 83.2 Å². The number of nitriles is 1. The Morgan fingerprint density at radius 1 is 1.40 bits per heavy atom. The highest BCUT2D eigenvalue weighted by atomic mass is 16.5. The standard InChI is InChI=1S/C15H12N2O3/c1-10-6-13(2-3-14(10)15(18)19)20-9-11-4-5-17-12(7-11)8-16/h2-7H,9H2,1H3,(H,18,19). The Balaban J connectivity index is 2.09. The highest BCUT2D eigenvalue weighted by molar-refractivity contribution is 5.89. The highest BCUT2D eigenvalue weighted by Crippen LogP contribution is 2.18. The number of rotatable bonds is 4. The Labute approximate surface area is 116 Å². The molecule has 5 nitrogen and oxygen atoms in total. The Bertz CT molecular complexity index is 690. The number of carbonyl (C=O) groups is 1. The van der Waals surface area contributed by atoms with Gasteiger partial charge in [-0.3, -0.25) is 0 Å². The normalized spacial score (nSPS) is 9.80. The summed E-state index contributed by atoms with van der Waals surface area (Å²) in [5.74, 6) is -0.371. The summed E-state index contributed by atoms with van der Waals surface area (Å²) in [5.41, 5.74) is 2.07.